The summed E-state index contributed by atoms with van der Waals surface area (Å²) in [5, 5.41) is 2.97. The minimum Gasteiger partial charge on any atom is -0.468 e. The second-order valence-corrected chi connectivity index (χ2v) is 7.89. The van der Waals surface area contributed by atoms with E-state index < -0.39 is 5.60 Å². The van der Waals surface area contributed by atoms with Gasteiger partial charge in [-0.2, -0.15) is 0 Å². The number of hydrogen-bond donors (Lipinski definition) is 1. The molecular formula is C17H30N2O4. The molecule has 132 valence electrons. The number of nitrogens with one attached hydrogen (secondary N) is 1. The summed E-state index contributed by atoms with van der Waals surface area (Å²) in [6.07, 6.45) is 4.39. The summed E-state index contributed by atoms with van der Waals surface area (Å²) in [6, 6.07) is 0.0204. The molecular weight excluding hydrogens is 296 g/mol. The number of alkyl carbamates (subject to hydrolysis) is 1. The van der Waals surface area contributed by atoms with Gasteiger partial charge in [-0.1, -0.05) is 12.8 Å². The quantitative estimate of drug-likeness (QED) is 0.784. The van der Waals surface area contributed by atoms with E-state index >= 15 is 0 Å². The lowest BCUT2D eigenvalue weighted by atomic mass is 9.89. The van der Waals surface area contributed by atoms with Crippen molar-refractivity contribution in [2.24, 2.45) is 11.8 Å². The van der Waals surface area contributed by atoms with Gasteiger partial charge in [-0.3, -0.25) is 9.69 Å². The van der Waals surface area contributed by atoms with Crippen molar-refractivity contribution in [1.29, 1.82) is 0 Å². The van der Waals surface area contributed by atoms with E-state index in [2.05, 4.69) is 10.2 Å². The average molecular weight is 326 g/mol. The van der Waals surface area contributed by atoms with Crippen LogP contribution in [-0.2, 0) is 14.3 Å². The van der Waals surface area contributed by atoms with Crippen LogP contribution in [0.25, 0.3) is 0 Å². The van der Waals surface area contributed by atoms with Crippen LogP contribution >= 0.6 is 0 Å². The highest BCUT2D eigenvalue weighted by Crippen LogP contribution is 2.37. The van der Waals surface area contributed by atoms with Crippen LogP contribution in [0.3, 0.4) is 0 Å². The van der Waals surface area contributed by atoms with Crippen LogP contribution in [0.1, 0.15) is 46.5 Å². The third kappa shape index (κ3) is 6.77. The van der Waals surface area contributed by atoms with E-state index in [4.69, 9.17) is 9.47 Å². The van der Waals surface area contributed by atoms with Crippen LogP contribution in [0, 0.1) is 11.8 Å². The Morgan fingerprint density at radius 1 is 1.17 bits per heavy atom. The molecule has 1 saturated heterocycles. The van der Waals surface area contributed by atoms with Crippen molar-refractivity contribution in [2.45, 2.75) is 58.1 Å². The normalized spacial score (nSPS) is 25.7. The first-order valence-electron chi connectivity index (χ1n) is 8.54. The van der Waals surface area contributed by atoms with Crippen LogP contribution in [0.5, 0.6) is 0 Å². The maximum Gasteiger partial charge on any atom is 0.407 e. The largest absolute Gasteiger partial charge is 0.468 e. The van der Waals surface area contributed by atoms with Crippen molar-refractivity contribution in [3.05, 3.63) is 0 Å². The van der Waals surface area contributed by atoms with Gasteiger partial charge in [0.1, 0.15) is 5.60 Å². The molecule has 1 saturated carbocycles. The number of methoxy groups -OCH3 is 1. The maximum atomic E-state index is 12.0. The van der Waals surface area contributed by atoms with Gasteiger partial charge in [-0.05, 0) is 45.4 Å². The van der Waals surface area contributed by atoms with E-state index in [1.165, 1.54) is 26.4 Å². The maximum absolute atomic E-state index is 12.0. The summed E-state index contributed by atoms with van der Waals surface area (Å²) in [4.78, 5) is 25.7. The molecule has 2 rings (SSSR count). The Balaban J connectivity index is 1.90. The summed E-state index contributed by atoms with van der Waals surface area (Å²) in [7, 11) is 1.41. The van der Waals surface area contributed by atoms with Crippen LogP contribution in [-0.4, -0.2) is 55.3 Å². The molecule has 0 aromatic carbocycles. The highest BCUT2D eigenvalue weighted by molar-refractivity contribution is 5.71. The molecule has 2 atom stereocenters. The number of nitrogens with zero attached hydrogens (tertiary/aromatic N) is 1. The standard InChI is InChI=1S/C17H30N2O4/c1-17(2,3)23-16(21)18-14-8-13(7-12-5-6-12)9-19(10-14)11-15(20)22-4/h12-14H,5-11H2,1-4H3,(H,18,21). The average Bonchev–Trinajstić information content (AvgIpc) is 3.19. The topological polar surface area (TPSA) is 67.9 Å². The minimum atomic E-state index is -0.502. The van der Waals surface area contributed by atoms with Gasteiger partial charge in [0.15, 0.2) is 0 Å². The molecule has 6 nitrogen and oxygen atoms in total. The first-order chi connectivity index (χ1) is 10.7. The smallest absolute Gasteiger partial charge is 0.407 e. The summed E-state index contributed by atoms with van der Waals surface area (Å²) >= 11 is 0. The van der Waals surface area contributed by atoms with Crippen molar-refractivity contribution >= 4 is 12.1 Å². The molecule has 1 heterocycles. The Morgan fingerprint density at radius 2 is 1.87 bits per heavy atom. The van der Waals surface area contributed by atoms with Crippen LogP contribution in [0.4, 0.5) is 4.79 Å². The molecule has 23 heavy (non-hydrogen) atoms. The zero-order valence-corrected chi connectivity index (χ0v) is 14.8. The van der Waals surface area contributed by atoms with Crippen molar-refractivity contribution in [2.75, 3.05) is 26.7 Å². The van der Waals surface area contributed by atoms with E-state index in [-0.39, 0.29) is 24.6 Å². The highest BCUT2D eigenvalue weighted by atomic mass is 16.6. The summed E-state index contributed by atoms with van der Waals surface area (Å²) in [6.45, 7) is 7.41. The third-order valence-electron chi connectivity index (χ3n) is 4.28. The van der Waals surface area contributed by atoms with Gasteiger partial charge in [0.05, 0.1) is 13.7 Å². The van der Waals surface area contributed by atoms with Gasteiger partial charge in [-0.25, -0.2) is 4.79 Å². The molecule has 2 aliphatic rings. The number of carbonyl (C=O) groups excluding carboxylic acids is 2. The fraction of sp³-hybridized carbons (Fsp3) is 0.882. The second kappa shape index (κ2) is 7.51. The van der Waals surface area contributed by atoms with Crippen LogP contribution in [0.15, 0.2) is 0 Å². The van der Waals surface area contributed by atoms with Crippen LogP contribution in [0.2, 0.25) is 0 Å². The number of rotatable bonds is 5. The predicted molar refractivity (Wildman–Crippen MR) is 87.1 cm³/mol. The monoisotopic (exact) mass is 326 g/mol. The zero-order valence-electron chi connectivity index (χ0n) is 14.8. The lowest BCUT2D eigenvalue weighted by Crippen LogP contribution is -2.52. The molecule has 1 aliphatic heterocycles. The van der Waals surface area contributed by atoms with E-state index in [9.17, 15) is 9.59 Å². The van der Waals surface area contributed by atoms with Gasteiger partial charge in [0.2, 0.25) is 0 Å². The molecule has 2 fully saturated rings. The van der Waals surface area contributed by atoms with E-state index in [1.54, 1.807) is 0 Å². The lowest BCUT2D eigenvalue weighted by molar-refractivity contribution is -0.142. The number of likely N-dealkylation sites (tertiary alicyclic amines) is 1. The minimum absolute atomic E-state index is 0.0204. The van der Waals surface area contributed by atoms with Gasteiger partial charge < -0.3 is 14.8 Å². The van der Waals surface area contributed by atoms with E-state index in [0.29, 0.717) is 12.5 Å². The number of hydrogen-bond acceptors (Lipinski definition) is 5. The fourth-order valence-corrected chi connectivity index (χ4v) is 3.25. The third-order valence-corrected chi connectivity index (χ3v) is 4.28. The van der Waals surface area contributed by atoms with Gasteiger partial charge >= 0.3 is 12.1 Å². The number of piperidine rings is 1. The van der Waals surface area contributed by atoms with E-state index in [1.807, 2.05) is 20.8 Å². The highest BCUT2D eigenvalue weighted by Gasteiger charge is 2.34. The Bertz CT molecular complexity index is 429. The molecule has 0 bridgehead atoms. The Labute approximate surface area is 138 Å². The number of carbonyl (C=O) groups is 2. The fourth-order valence-electron chi connectivity index (χ4n) is 3.25. The number of esters is 1. The summed E-state index contributed by atoms with van der Waals surface area (Å²) in [5.41, 5.74) is -0.502. The van der Waals surface area contributed by atoms with E-state index in [0.717, 1.165) is 18.9 Å². The molecule has 1 aliphatic carbocycles. The molecule has 2 unspecified atom stereocenters. The number of amides is 1. The molecule has 0 spiro atoms. The molecule has 1 N–H and O–H groups in total. The van der Waals surface area contributed by atoms with Crippen molar-refractivity contribution in [3.8, 4) is 0 Å². The van der Waals surface area contributed by atoms with Crippen molar-refractivity contribution in [3.63, 3.8) is 0 Å². The molecule has 0 aromatic heterocycles. The molecule has 1 amide bonds. The first-order valence-corrected chi connectivity index (χ1v) is 8.54. The first kappa shape index (κ1) is 18.0. The Kier molecular flexibility index (Phi) is 5.89. The predicted octanol–water partition coefficient (Wildman–Crippen LogP) is 2.17. The van der Waals surface area contributed by atoms with Crippen LogP contribution < -0.4 is 5.32 Å². The zero-order chi connectivity index (χ0) is 17.0. The Hall–Kier alpha value is -1.30. The second-order valence-electron chi connectivity index (χ2n) is 7.89. The molecule has 0 aromatic rings. The summed E-state index contributed by atoms with van der Waals surface area (Å²) < 4.78 is 10.1. The van der Waals surface area contributed by atoms with Gasteiger partial charge in [-0.15, -0.1) is 0 Å². The number of ether oxygens (including phenoxy) is 2. The van der Waals surface area contributed by atoms with Crippen molar-refractivity contribution in [1.82, 2.24) is 10.2 Å². The van der Waals surface area contributed by atoms with Gasteiger partial charge in [0, 0.05) is 19.1 Å². The molecule has 6 heteroatoms. The van der Waals surface area contributed by atoms with Crippen molar-refractivity contribution < 1.29 is 19.1 Å². The lowest BCUT2D eigenvalue weighted by Gasteiger charge is -2.37. The SMILES string of the molecule is COC(=O)CN1CC(CC2CC2)CC(NC(=O)OC(C)(C)C)C1. The molecule has 0 radical (unpaired) electrons. The summed E-state index contributed by atoms with van der Waals surface area (Å²) in [5.74, 6) is 1.12. The Morgan fingerprint density at radius 3 is 2.43 bits per heavy atom. The van der Waals surface area contributed by atoms with Gasteiger partial charge in [0.25, 0.3) is 0 Å².